The van der Waals surface area contributed by atoms with Gasteiger partial charge in [0.25, 0.3) is 0 Å². The van der Waals surface area contributed by atoms with Gasteiger partial charge in [-0.15, -0.1) is 0 Å². The van der Waals surface area contributed by atoms with Crippen LogP contribution in [0.1, 0.15) is 37.7 Å². The van der Waals surface area contributed by atoms with E-state index >= 15 is 0 Å². The minimum atomic E-state index is -4.51. The molecule has 1 aliphatic rings. The normalized spacial score (nSPS) is 20.9. The van der Waals surface area contributed by atoms with Crippen LogP contribution in [0, 0.1) is 0 Å². The van der Waals surface area contributed by atoms with Gasteiger partial charge >= 0.3 is 12.1 Å². The van der Waals surface area contributed by atoms with E-state index in [-0.39, 0.29) is 36.0 Å². The molecule has 0 amide bonds. The minimum absolute atomic E-state index is 0.0527. The van der Waals surface area contributed by atoms with Crippen LogP contribution in [0.4, 0.5) is 13.2 Å². The van der Waals surface area contributed by atoms with Crippen LogP contribution in [-0.4, -0.2) is 51.6 Å². The van der Waals surface area contributed by atoms with Gasteiger partial charge < -0.3 is 9.47 Å². The van der Waals surface area contributed by atoms with E-state index in [9.17, 15) is 26.4 Å². The van der Waals surface area contributed by atoms with Crippen molar-refractivity contribution < 1.29 is 35.9 Å². The molecule has 0 N–H and O–H groups in total. The van der Waals surface area contributed by atoms with E-state index in [0.717, 1.165) is 24.3 Å². The summed E-state index contributed by atoms with van der Waals surface area (Å²) in [5.41, 5.74) is -0.890. The molecule has 1 saturated carbocycles. The number of methoxy groups -OCH3 is 1. The Hall–Kier alpha value is -1.65. The summed E-state index contributed by atoms with van der Waals surface area (Å²) >= 11 is 0. The number of carbonyl (C=O) groups excluding carboxylic acids is 1. The number of ether oxygens (including phenoxy) is 2. The Balaban J connectivity index is 1.93. The van der Waals surface area contributed by atoms with Crippen molar-refractivity contribution in [1.29, 1.82) is 0 Å². The number of alkyl halides is 3. The van der Waals surface area contributed by atoms with Gasteiger partial charge in [-0.1, -0.05) is 0 Å². The fourth-order valence-electron chi connectivity index (χ4n) is 3.16. The van der Waals surface area contributed by atoms with E-state index in [4.69, 9.17) is 4.74 Å². The summed E-state index contributed by atoms with van der Waals surface area (Å²) in [6.07, 6.45) is -1.99. The topological polar surface area (TPSA) is 72.9 Å². The highest BCUT2D eigenvalue weighted by Crippen LogP contribution is 2.31. The number of rotatable bonds is 7. The first-order valence-corrected chi connectivity index (χ1v) is 10.3. The van der Waals surface area contributed by atoms with Crippen LogP contribution in [0.2, 0.25) is 0 Å². The Bertz CT molecular complexity index is 756. The van der Waals surface area contributed by atoms with Crippen molar-refractivity contribution in [3.05, 3.63) is 29.8 Å². The predicted octanol–water partition coefficient (Wildman–Crippen LogP) is 3.22. The Labute approximate surface area is 162 Å². The number of esters is 1. The van der Waals surface area contributed by atoms with Gasteiger partial charge in [0.15, 0.2) is 0 Å². The van der Waals surface area contributed by atoms with Crippen molar-refractivity contribution in [3.8, 4) is 0 Å². The van der Waals surface area contributed by atoms with Gasteiger partial charge in [0, 0.05) is 13.1 Å². The van der Waals surface area contributed by atoms with E-state index in [2.05, 4.69) is 4.74 Å². The Kier molecular flexibility index (Phi) is 7.46. The number of halogens is 3. The first-order chi connectivity index (χ1) is 13.1. The third kappa shape index (κ3) is 5.68. The molecule has 0 saturated heterocycles. The summed E-state index contributed by atoms with van der Waals surface area (Å²) in [6, 6.07) is 3.25. The van der Waals surface area contributed by atoms with E-state index in [1.165, 1.54) is 18.5 Å². The van der Waals surface area contributed by atoms with Crippen molar-refractivity contribution >= 4 is 16.0 Å². The molecular formula is C18H24F3NO5S. The van der Waals surface area contributed by atoms with Crippen molar-refractivity contribution in [2.45, 2.75) is 55.3 Å². The van der Waals surface area contributed by atoms with Gasteiger partial charge in [-0.2, -0.15) is 17.5 Å². The standard InChI is InChI=1S/C18H24F3NO5S/c1-22(14-5-7-15(8-6-14)27-12-11-17(23)26-2)28(24,25)16-9-3-13(4-10-16)18(19,20)21/h3-4,9-10,14-15H,5-8,11-12H2,1-2H3/t14-,15-. The first-order valence-electron chi connectivity index (χ1n) is 8.89. The molecule has 0 atom stereocenters. The zero-order valence-corrected chi connectivity index (χ0v) is 16.6. The second-order valence-corrected chi connectivity index (χ2v) is 8.67. The summed E-state index contributed by atoms with van der Waals surface area (Å²) in [5.74, 6) is -0.351. The van der Waals surface area contributed by atoms with E-state index in [0.29, 0.717) is 25.7 Å². The molecule has 0 unspecified atom stereocenters. The van der Waals surface area contributed by atoms with Gasteiger partial charge in [0.1, 0.15) is 0 Å². The lowest BCUT2D eigenvalue weighted by Crippen LogP contribution is -2.40. The number of hydrogen-bond acceptors (Lipinski definition) is 5. The van der Waals surface area contributed by atoms with Gasteiger partial charge in [0.2, 0.25) is 10.0 Å². The number of hydrogen-bond donors (Lipinski definition) is 0. The highest BCUT2D eigenvalue weighted by atomic mass is 32.2. The van der Waals surface area contributed by atoms with Gasteiger partial charge in [-0.3, -0.25) is 4.79 Å². The molecule has 0 heterocycles. The molecule has 28 heavy (non-hydrogen) atoms. The molecule has 2 rings (SSSR count). The molecule has 1 aromatic carbocycles. The minimum Gasteiger partial charge on any atom is -0.469 e. The van der Waals surface area contributed by atoms with Crippen LogP contribution in [0.25, 0.3) is 0 Å². The van der Waals surface area contributed by atoms with Crippen molar-refractivity contribution in [3.63, 3.8) is 0 Å². The molecule has 1 aliphatic carbocycles. The van der Waals surface area contributed by atoms with E-state index < -0.39 is 21.8 Å². The maximum absolute atomic E-state index is 12.7. The van der Waals surface area contributed by atoms with Gasteiger partial charge in [-0.25, -0.2) is 8.42 Å². The quantitative estimate of drug-likeness (QED) is 0.630. The monoisotopic (exact) mass is 423 g/mol. The molecule has 1 aromatic rings. The first kappa shape index (κ1) is 22.6. The van der Waals surface area contributed by atoms with E-state index in [1.54, 1.807) is 0 Å². The molecule has 0 bridgehead atoms. The largest absolute Gasteiger partial charge is 0.469 e. The molecule has 158 valence electrons. The van der Waals surface area contributed by atoms with Crippen LogP contribution < -0.4 is 0 Å². The third-order valence-electron chi connectivity index (χ3n) is 4.90. The van der Waals surface area contributed by atoms with Crippen molar-refractivity contribution in [2.75, 3.05) is 20.8 Å². The Morgan fingerprint density at radius 3 is 2.21 bits per heavy atom. The SMILES string of the molecule is COC(=O)CCO[C@H]1CC[C@H](N(C)S(=O)(=O)c2ccc(C(F)(F)F)cc2)CC1. The van der Waals surface area contributed by atoms with Crippen LogP contribution >= 0.6 is 0 Å². The zero-order chi connectivity index (χ0) is 20.9. The number of sulfonamides is 1. The zero-order valence-electron chi connectivity index (χ0n) is 15.7. The van der Waals surface area contributed by atoms with E-state index in [1.807, 2.05) is 0 Å². The Morgan fingerprint density at radius 2 is 1.71 bits per heavy atom. The molecule has 0 radical (unpaired) electrons. The summed E-state index contributed by atoms with van der Waals surface area (Å²) in [7, 11) is -1.14. The lowest BCUT2D eigenvalue weighted by molar-refractivity contribution is -0.142. The molecule has 0 aromatic heterocycles. The van der Waals surface area contributed by atoms with Crippen LogP contribution in [0.5, 0.6) is 0 Å². The third-order valence-corrected chi connectivity index (χ3v) is 6.83. The molecule has 6 nitrogen and oxygen atoms in total. The van der Waals surface area contributed by atoms with Crippen LogP contribution in [0.15, 0.2) is 29.2 Å². The van der Waals surface area contributed by atoms with Gasteiger partial charge in [-0.05, 0) is 49.9 Å². The van der Waals surface area contributed by atoms with Crippen molar-refractivity contribution in [2.24, 2.45) is 0 Å². The summed E-state index contributed by atoms with van der Waals surface area (Å²) in [4.78, 5) is 10.9. The smallest absolute Gasteiger partial charge is 0.416 e. The van der Waals surface area contributed by atoms with Crippen molar-refractivity contribution in [1.82, 2.24) is 4.31 Å². The summed E-state index contributed by atoms with van der Waals surface area (Å²) < 4.78 is 74.8. The number of benzene rings is 1. The molecule has 0 aliphatic heterocycles. The summed E-state index contributed by atoms with van der Waals surface area (Å²) in [5, 5.41) is 0. The fourth-order valence-corrected chi connectivity index (χ4v) is 4.58. The summed E-state index contributed by atoms with van der Waals surface area (Å²) in [6.45, 7) is 0.252. The second kappa shape index (κ2) is 9.23. The lowest BCUT2D eigenvalue weighted by atomic mass is 9.93. The average Bonchev–Trinajstić information content (AvgIpc) is 2.67. The number of carbonyl (C=O) groups is 1. The lowest BCUT2D eigenvalue weighted by Gasteiger charge is -2.34. The molecular weight excluding hydrogens is 399 g/mol. The maximum Gasteiger partial charge on any atom is 0.416 e. The fraction of sp³-hybridized carbons (Fsp3) is 0.611. The maximum atomic E-state index is 12.7. The second-order valence-electron chi connectivity index (χ2n) is 6.67. The van der Waals surface area contributed by atoms with Crippen LogP contribution in [-0.2, 0) is 30.5 Å². The molecule has 10 heteroatoms. The molecule has 1 fully saturated rings. The predicted molar refractivity (Wildman–Crippen MR) is 95.0 cm³/mol. The van der Waals surface area contributed by atoms with Crippen LogP contribution in [0.3, 0.4) is 0 Å². The highest BCUT2D eigenvalue weighted by molar-refractivity contribution is 7.89. The average molecular weight is 423 g/mol. The van der Waals surface area contributed by atoms with Gasteiger partial charge in [0.05, 0.1) is 36.7 Å². The Morgan fingerprint density at radius 1 is 1.14 bits per heavy atom. The molecule has 0 spiro atoms. The number of nitrogens with zero attached hydrogens (tertiary/aromatic N) is 1. The highest BCUT2D eigenvalue weighted by Gasteiger charge is 2.34.